The van der Waals surface area contributed by atoms with Gasteiger partial charge in [0.25, 0.3) is 0 Å². The summed E-state index contributed by atoms with van der Waals surface area (Å²) in [6.45, 7) is 9.12. The van der Waals surface area contributed by atoms with E-state index in [1.54, 1.807) is 0 Å². The van der Waals surface area contributed by atoms with E-state index in [-0.39, 0.29) is 0 Å². The molecule has 0 aromatic carbocycles. The highest BCUT2D eigenvalue weighted by Crippen LogP contribution is 2.56. The highest BCUT2D eigenvalue weighted by molar-refractivity contribution is 6.74. The average molecular weight is 149 g/mol. The normalized spacial score (nSPS) is 36.6. The van der Waals surface area contributed by atoms with Crippen LogP contribution < -0.4 is 0 Å². The third-order valence-corrected chi connectivity index (χ3v) is 3.55. The van der Waals surface area contributed by atoms with Gasteiger partial charge in [0, 0.05) is 5.71 Å². The Bertz CT molecular complexity index is 200. The molecule has 2 unspecified atom stereocenters. The summed E-state index contributed by atoms with van der Waals surface area (Å²) in [5, 5.41) is 0. The first-order valence-electron chi connectivity index (χ1n) is 4.79. The first-order chi connectivity index (χ1) is 5.25. The van der Waals surface area contributed by atoms with Crippen molar-refractivity contribution in [3.05, 3.63) is 0 Å². The van der Waals surface area contributed by atoms with Gasteiger partial charge in [-0.25, -0.2) is 0 Å². The molecule has 0 aliphatic carbocycles. The summed E-state index contributed by atoms with van der Waals surface area (Å²) >= 11 is 0. The van der Waals surface area contributed by atoms with Gasteiger partial charge < -0.3 is 0 Å². The van der Waals surface area contributed by atoms with Crippen LogP contribution in [0.15, 0.2) is 4.99 Å². The van der Waals surface area contributed by atoms with Gasteiger partial charge in [0.15, 0.2) is 0 Å². The lowest BCUT2D eigenvalue weighted by Gasteiger charge is -2.03. The van der Waals surface area contributed by atoms with E-state index in [1.165, 1.54) is 12.0 Å². The maximum absolute atomic E-state index is 4.28. The molecule has 1 saturated heterocycles. The second-order valence-corrected chi connectivity index (χ2v) is 4.10. The van der Waals surface area contributed by atoms with E-state index in [2.05, 4.69) is 25.8 Å². The van der Waals surface area contributed by atoms with Crippen LogP contribution in [-0.4, -0.2) is 19.0 Å². The van der Waals surface area contributed by atoms with Crippen molar-refractivity contribution in [3.63, 3.8) is 0 Å². The monoisotopic (exact) mass is 149 g/mol. The predicted molar refractivity (Wildman–Crippen MR) is 50.9 cm³/mol. The minimum atomic E-state index is 0.801. The first-order valence-corrected chi connectivity index (χ1v) is 4.79. The van der Waals surface area contributed by atoms with Crippen molar-refractivity contribution in [2.75, 3.05) is 6.54 Å². The summed E-state index contributed by atoms with van der Waals surface area (Å²) in [6, 6.07) is 0. The molecule has 1 fully saturated rings. The summed E-state index contributed by atoms with van der Waals surface area (Å²) in [5.74, 6) is 2.74. The molecule has 1 nitrogen and oxygen atoms in total. The van der Waals surface area contributed by atoms with Crippen molar-refractivity contribution in [1.82, 2.24) is 0 Å². The molecule has 0 spiro atoms. The van der Waals surface area contributed by atoms with E-state index in [4.69, 9.17) is 0 Å². The smallest absolute Gasteiger partial charge is 0.145 e. The molecular weight excluding hydrogens is 133 g/mol. The van der Waals surface area contributed by atoms with Crippen LogP contribution >= 0.6 is 0 Å². The molecular formula is C9H16BN. The Kier molecular flexibility index (Phi) is 1.59. The molecule has 2 rings (SSSR count). The van der Waals surface area contributed by atoms with Gasteiger partial charge in [0.2, 0.25) is 0 Å². The molecule has 0 radical (unpaired) electrons. The van der Waals surface area contributed by atoms with Gasteiger partial charge in [0.1, 0.15) is 6.71 Å². The average Bonchev–Trinajstić information content (AvgIpc) is 2.79. The first kappa shape index (κ1) is 7.39. The molecule has 2 heterocycles. The Hall–Kier alpha value is -0.265. The molecule has 0 aromatic heterocycles. The van der Waals surface area contributed by atoms with Gasteiger partial charge in [-0.3, -0.25) is 4.99 Å². The van der Waals surface area contributed by atoms with Crippen molar-refractivity contribution in [2.45, 2.75) is 38.7 Å². The zero-order valence-electron chi connectivity index (χ0n) is 7.67. The summed E-state index contributed by atoms with van der Waals surface area (Å²) < 4.78 is 0. The number of nitrogens with zero attached hydrogens (tertiary/aromatic N) is 1. The lowest BCUT2D eigenvalue weighted by atomic mass is 9.61. The van der Waals surface area contributed by atoms with Gasteiger partial charge >= 0.3 is 0 Å². The number of rotatable bonds is 3. The van der Waals surface area contributed by atoms with Crippen molar-refractivity contribution < 1.29 is 0 Å². The fourth-order valence-corrected chi connectivity index (χ4v) is 2.61. The van der Waals surface area contributed by atoms with Crippen molar-refractivity contribution >= 4 is 12.4 Å². The Morgan fingerprint density at radius 2 is 2.36 bits per heavy atom. The molecule has 2 aliphatic rings. The van der Waals surface area contributed by atoms with E-state index >= 15 is 0 Å². The molecule has 0 aromatic rings. The molecule has 0 saturated carbocycles. The second kappa shape index (κ2) is 2.36. The van der Waals surface area contributed by atoms with Crippen molar-refractivity contribution in [1.29, 1.82) is 0 Å². The molecule has 0 bridgehead atoms. The lowest BCUT2D eigenvalue weighted by Crippen LogP contribution is -2.04. The van der Waals surface area contributed by atoms with Gasteiger partial charge in [-0.2, -0.15) is 0 Å². The van der Waals surface area contributed by atoms with Gasteiger partial charge in [-0.05, 0) is 5.92 Å². The van der Waals surface area contributed by atoms with Gasteiger partial charge in [0.05, 0.1) is 6.54 Å². The quantitative estimate of drug-likeness (QED) is 0.546. The Morgan fingerprint density at radius 3 is 2.73 bits per heavy atom. The largest absolute Gasteiger partial charge is 0.286 e. The Morgan fingerprint density at radius 1 is 1.73 bits per heavy atom. The van der Waals surface area contributed by atoms with Crippen molar-refractivity contribution in [3.8, 4) is 0 Å². The minimum Gasteiger partial charge on any atom is -0.286 e. The number of aliphatic imine (C=N–C) groups is 1. The second-order valence-electron chi connectivity index (χ2n) is 4.10. The van der Waals surface area contributed by atoms with Gasteiger partial charge in [-0.1, -0.05) is 38.7 Å². The molecule has 2 heteroatoms. The Balaban J connectivity index is 1.92. The van der Waals surface area contributed by atoms with E-state index in [0.29, 0.717) is 0 Å². The van der Waals surface area contributed by atoms with Crippen LogP contribution in [0.4, 0.5) is 0 Å². The molecule has 11 heavy (non-hydrogen) atoms. The lowest BCUT2D eigenvalue weighted by molar-refractivity contribution is 0.753. The standard InChI is InChI=1S/C9H16BN/c1-4-10-7(3)9(10)6(2)8-5-11-8/h6-7,9H,4-5H2,1-3H3/t6-,7?,9?/m1/s1. The fourth-order valence-electron chi connectivity index (χ4n) is 2.61. The summed E-state index contributed by atoms with van der Waals surface area (Å²) in [5.41, 5.74) is 1.48. The molecule has 3 atom stereocenters. The fraction of sp³-hybridized carbons (Fsp3) is 0.889. The molecule has 0 N–H and O–H groups in total. The zero-order chi connectivity index (χ0) is 8.01. The predicted octanol–water partition coefficient (Wildman–Crippen LogP) is 2.37. The van der Waals surface area contributed by atoms with E-state index in [0.717, 1.165) is 30.8 Å². The molecule has 60 valence electrons. The summed E-state index contributed by atoms with van der Waals surface area (Å²) in [7, 11) is 0. The molecule has 0 amide bonds. The third kappa shape index (κ3) is 1.13. The van der Waals surface area contributed by atoms with Crippen LogP contribution in [0.1, 0.15) is 20.8 Å². The number of hydrogen-bond donors (Lipinski definition) is 0. The Labute approximate surface area is 69.4 Å². The summed E-state index contributed by atoms with van der Waals surface area (Å²) in [4.78, 5) is 4.28. The number of hydrogen-bond acceptors (Lipinski definition) is 1. The van der Waals surface area contributed by atoms with Crippen LogP contribution in [-0.2, 0) is 0 Å². The van der Waals surface area contributed by atoms with Crippen LogP contribution in [0.25, 0.3) is 0 Å². The van der Waals surface area contributed by atoms with E-state index in [1.807, 2.05) is 0 Å². The highest BCUT2D eigenvalue weighted by atomic mass is 14.9. The van der Waals surface area contributed by atoms with Crippen LogP contribution in [0.3, 0.4) is 0 Å². The highest BCUT2D eigenvalue weighted by Gasteiger charge is 2.52. The van der Waals surface area contributed by atoms with Crippen LogP contribution in [0.5, 0.6) is 0 Å². The van der Waals surface area contributed by atoms with E-state index < -0.39 is 0 Å². The summed E-state index contributed by atoms with van der Waals surface area (Å²) in [6.07, 6.45) is 1.36. The van der Waals surface area contributed by atoms with E-state index in [9.17, 15) is 0 Å². The molecule has 2 aliphatic heterocycles. The van der Waals surface area contributed by atoms with Crippen molar-refractivity contribution in [2.24, 2.45) is 10.9 Å². The topological polar surface area (TPSA) is 12.4 Å². The minimum absolute atomic E-state index is 0.801. The van der Waals surface area contributed by atoms with Crippen LogP contribution in [0.2, 0.25) is 18.0 Å². The van der Waals surface area contributed by atoms with Gasteiger partial charge in [-0.15, -0.1) is 0 Å². The maximum atomic E-state index is 4.28. The zero-order valence-corrected chi connectivity index (χ0v) is 7.67. The third-order valence-electron chi connectivity index (χ3n) is 3.55. The van der Waals surface area contributed by atoms with Crippen LogP contribution in [0, 0.1) is 5.92 Å². The maximum Gasteiger partial charge on any atom is 0.145 e. The SMILES string of the molecule is CCB1C(C)C1[C@H](C)C1=NC1.